The van der Waals surface area contributed by atoms with Crippen LogP contribution in [0, 0.1) is 0 Å². The number of likely N-dealkylation sites (tertiary alicyclic amines) is 1. The van der Waals surface area contributed by atoms with E-state index in [4.69, 9.17) is 0 Å². The summed E-state index contributed by atoms with van der Waals surface area (Å²) < 4.78 is 0. The first-order valence-corrected chi connectivity index (χ1v) is 10.1. The summed E-state index contributed by atoms with van der Waals surface area (Å²) >= 11 is 0. The molecule has 2 aromatic heterocycles. The maximum Gasteiger partial charge on any atom is 0.0463 e. The third kappa shape index (κ3) is 3.23. The van der Waals surface area contributed by atoms with E-state index in [1.165, 1.54) is 69.9 Å². The number of hydrogen-bond donors (Lipinski definition) is 1. The predicted molar refractivity (Wildman–Crippen MR) is 118 cm³/mol. The molecule has 28 heavy (non-hydrogen) atoms. The van der Waals surface area contributed by atoms with Crippen LogP contribution in [0.4, 0.5) is 0 Å². The first kappa shape index (κ1) is 17.2. The van der Waals surface area contributed by atoms with Crippen LogP contribution < -0.4 is 0 Å². The molecule has 3 heterocycles. The van der Waals surface area contributed by atoms with Gasteiger partial charge >= 0.3 is 0 Å². The minimum Gasteiger partial charge on any atom is -0.361 e. The summed E-state index contributed by atoms with van der Waals surface area (Å²) in [6.07, 6.45) is 10.9. The molecule has 0 atom stereocenters. The predicted octanol–water partition coefficient (Wildman–Crippen LogP) is 5.87. The Morgan fingerprint density at radius 3 is 2.89 bits per heavy atom. The van der Waals surface area contributed by atoms with Gasteiger partial charge in [0.25, 0.3) is 0 Å². The molecule has 5 rings (SSSR count). The smallest absolute Gasteiger partial charge is 0.0463 e. The second-order valence-electron chi connectivity index (χ2n) is 7.84. The van der Waals surface area contributed by atoms with E-state index >= 15 is 0 Å². The molecular weight excluding hydrogens is 342 g/mol. The molecule has 1 aliphatic rings. The number of H-pyrrole nitrogens is 1. The number of allylic oxidation sites excluding steroid dienone is 1. The third-order valence-corrected chi connectivity index (χ3v) is 5.86. The van der Waals surface area contributed by atoms with Gasteiger partial charge in [-0.25, -0.2) is 0 Å². The van der Waals surface area contributed by atoms with Gasteiger partial charge < -0.3 is 4.98 Å². The van der Waals surface area contributed by atoms with E-state index in [2.05, 4.69) is 76.5 Å². The quantitative estimate of drug-likeness (QED) is 0.489. The van der Waals surface area contributed by atoms with Crippen LogP contribution in [0.2, 0.25) is 0 Å². The molecule has 0 amide bonds. The fourth-order valence-corrected chi connectivity index (χ4v) is 4.38. The number of rotatable bonds is 4. The number of nitrogens with zero attached hydrogens (tertiary/aromatic N) is 2. The Morgan fingerprint density at radius 2 is 2.00 bits per heavy atom. The molecule has 0 aliphatic carbocycles. The van der Waals surface area contributed by atoms with Gasteiger partial charge in [0.2, 0.25) is 0 Å². The fourth-order valence-electron chi connectivity index (χ4n) is 4.38. The highest BCUT2D eigenvalue weighted by atomic mass is 15.1. The Hall–Kier alpha value is -2.91. The topological polar surface area (TPSA) is 31.9 Å². The molecular formula is C25H25N3. The molecule has 0 spiro atoms. The normalized spacial score (nSPS) is 15.7. The Bertz CT molecular complexity index is 1160. The van der Waals surface area contributed by atoms with Crippen molar-refractivity contribution in [3.63, 3.8) is 0 Å². The van der Waals surface area contributed by atoms with Crippen LogP contribution in [-0.2, 0) is 6.54 Å². The summed E-state index contributed by atoms with van der Waals surface area (Å²) in [6.45, 7) is 5.72. The van der Waals surface area contributed by atoms with Crippen LogP contribution in [-0.4, -0.2) is 28.0 Å². The Kier molecular flexibility index (Phi) is 4.46. The van der Waals surface area contributed by atoms with Crippen molar-refractivity contribution >= 4 is 33.3 Å². The van der Waals surface area contributed by atoms with E-state index in [1.807, 2.05) is 12.4 Å². The van der Waals surface area contributed by atoms with Crippen molar-refractivity contribution in [3.05, 3.63) is 77.7 Å². The Balaban J connectivity index is 1.48. The van der Waals surface area contributed by atoms with Crippen molar-refractivity contribution in [3.8, 4) is 0 Å². The molecule has 140 valence electrons. The Labute approximate surface area is 165 Å². The average Bonchev–Trinajstić information content (AvgIpc) is 3.38. The maximum absolute atomic E-state index is 4.24. The molecule has 1 saturated heterocycles. The van der Waals surface area contributed by atoms with Gasteiger partial charge in [0.1, 0.15) is 0 Å². The molecule has 1 fully saturated rings. The van der Waals surface area contributed by atoms with Gasteiger partial charge in [-0.2, -0.15) is 0 Å². The van der Waals surface area contributed by atoms with Crippen LogP contribution >= 0.6 is 0 Å². The maximum atomic E-state index is 4.24. The molecule has 3 heteroatoms. The van der Waals surface area contributed by atoms with Crippen molar-refractivity contribution in [1.29, 1.82) is 0 Å². The van der Waals surface area contributed by atoms with E-state index < -0.39 is 0 Å². The lowest BCUT2D eigenvalue weighted by Gasteiger charge is -2.14. The van der Waals surface area contributed by atoms with Gasteiger partial charge in [0.15, 0.2) is 0 Å². The van der Waals surface area contributed by atoms with Gasteiger partial charge in [0.05, 0.1) is 0 Å². The highest BCUT2D eigenvalue weighted by molar-refractivity contribution is 6.00. The molecule has 3 nitrogen and oxygen atoms in total. The lowest BCUT2D eigenvalue weighted by atomic mass is 10.00. The van der Waals surface area contributed by atoms with Crippen molar-refractivity contribution in [1.82, 2.24) is 14.9 Å². The van der Waals surface area contributed by atoms with Crippen molar-refractivity contribution in [2.75, 3.05) is 13.1 Å². The molecule has 1 N–H and O–H groups in total. The average molecular weight is 367 g/mol. The first-order valence-electron chi connectivity index (χ1n) is 10.1. The fraction of sp³-hybridized carbons (Fsp3) is 0.240. The lowest BCUT2D eigenvalue weighted by molar-refractivity contribution is 0.331. The highest BCUT2D eigenvalue weighted by Crippen LogP contribution is 2.29. The summed E-state index contributed by atoms with van der Waals surface area (Å²) in [7, 11) is 0. The summed E-state index contributed by atoms with van der Waals surface area (Å²) in [5, 5.41) is 3.71. The van der Waals surface area contributed by atoms with Gasteiger partial charge in [0, 0.05) is 47.0 Å². The molecule has 2 aromatic carbocycles. The zero-order chi connectivity index (χ0) is 18.9. The number of fused-ring (bicyclic) bond motifs is 2. The summed E-state index contributed by atoms with van der Waals surface area (Å²) in [6, 6.07) is 15.4. The van der Waals surface area contributed by atoms with Crippen LogP contribution in [0.1, 0.15) is 36.5 Å². The van der Waals surface area contributed by atoms with E-state index in [0.29, 0.717) is 0 Å². The number of hydrogen-bond acceptors (Lipinski definition) is 2. The van der Waals surface area contributed by atoms with Crippen LogP contribution in [0.15, 0.2) is 61.1 Å². The van der Waals surface area contributed by atoms with E-state index in [9.17, 15) is 0 Å². The van der Waals surface area contributed by atoms with Crippen LogP contribution in [0.25, 0.3) is 33.3 Å². The molecule has 0 bridgehead atoms. The summed E-state index contributed by atoms with van der Waals surface area (Å²) in [4.78, 5) is 10.3. The zero-order valence-corrected chi connectivity index (χ0v) is 16.3. The molecule has 0 radical (unpaired) electrons. The van der Waals surface area contributed by atoms with Crippen molar-refractivity contribution in [2.45, 2.75) is 26.3 Å². The third-order valence-electron chi connectivity index (χ3n) is 5.86. The van der Waals surface area contributed by atoms with Crippen molar-refractivity contribution in [2.24, 2.45) is 0 Å². The van der Waals surface area contributed by atoms with Crippen molar-refractivity contribution < 1.29 is 0 Å². The summed E-state index contributed by atoms with van der Waals surface area (Å²) in [5.41, 5.74) is 6.39. The molecule has 0 saturated carbocycles. The van der Waals surface area contributed by atoms with Crippen LogP contribution in [0.5, 0.6) is 0 Å². The van der Waals surface area contributed by atoms with Gasteiger partial charge in [-0.05, 0) is 67.1 Å². The zero-order valence-electron chi connectivity index (χ0n) is 16.3. The summed E-state index contributed by atoms with van der Waals surface area (Å²) in [5.74, 6) is 0. The molecule has 0 unspecified atom stereocenters. The van der Waals surface area contributed by atoms with Gasteiger partial charge in [-0.1, -0.05) is 36.4 Å². The van der Waals surface area contributed by atoms with Gasteiger partial charge in [-0.15, -0.1) is 0 Å². The van der Waals surface area contributed by atoms with E-state index in [-0.39, 0.29) is 0 Å². The molecule has 4 aromatic rings. The number of aromatic amines is 1. The second-order valence-corrected chi connectivity index (χ2v) is 7.84. The number of benzene rings is 2. The SMILES string of the molecule is C/C(=C\c1cccc2cnccc12)c1c[nH]c2cc(CN3CCCC3)ccc12. The number of aromatic nitrogens is 2. The Morgan fingerprint density at radius 1 is 1.11 bits per heavy atom. The molecule has 1 aliphatic heterocycles. The second kappa shape index (κ2) is 7.25. The minimum absolute atomic E-state index is 1.06. The van der Waals surface area contributed by atoms with Gasteiger partial charge in [-0.3, -0.25) is 9.88 Å². The lowest BCUT2D eigenvalue weighted by Crippen LogP contribution is -2.18. The first-order chi connectivity index (χ1) is 13.8. The highest BCUT2D eigenvalue weighted by Gasteiger charge is 2.13. The van der Waals surface area contributed by atoms with E-state index in [1.54, 1.807) is 0 Å². The van der Waals surface area contributed by atoms with E-state index in [0.717, 1.165) is 6.54 Å². The van der Waals surface area contributed by atoms with Crippen LogP contribution in [0.3, 0.4) is 0 Å². The largest absolute Gasteiger partial charge is 0.361 e. The number of pyridine rings is 1. The monoisotopic (exact) mass is 367 g/mol. The standard InChI is InChI=1S/C25H25N3/c1-18(13-20-5-4-6-21-15-26-10-9-22(20)21)24-16-27-25-14-19(7-8-23(24)25)17-28-11-2-3-12-28/h4-10,13-16,27H,2-3,11-12,17H2,1H3/b18-13+. The minimum atomic E-state index is 1.06. The number of nitrogens with one attached hydrogen (secondary N) is 1.